The number of carbonyl (C=O) groups is 2. The highest BCUT2D eigenvalue weighted by Gasteiger charge is 2.33. The first kappa shape index (κ1) is 16.3. The highest BCUT2D eigenvalue weighted by molar-refractivity contribution is 6.45. The molecule has 0 bridgehead atoms. The van der Waals surface area contributed by atoms with E-state index in [2.05, 4.69) is 9.97 Å². The maximum Gasteiger partial charge on any atom is 0.295 e. The van der Waals surface area contributed by atoms with Gasteiger partial charge < -0.3 is 14.6 Å². The molecule has 0 aliphatic carbocycles. The number of hydrogen-bond donors (Lipinski definition) is 1. The van der Waals surface area contributed by atoms with Gasteiger partial charge in [0.2, 0.25) is 5.88 Å². The lowest BCUT2D eigenvalue weighted by Gasteiger charge is -2.16. The van der Waals surface area contributed by atoms with Crippen molar-refractivity contribution in [2.75, 3.05) is 13.1 Å². The molecular weight excluding hydrogens is 330 g/mol. The molecule has 1 aliphatic heterocycles. The summed E-state index contributed by atoms with van der Waals surface area (Å²) in [4.78, 5) is 34.4. The molecule has 4 rings (SSSR count). The molecule has 1 N–H and O–H groups in total. The van der Waals surface area contributed by atoms with E-state index in [4.69, 9.17) is 4.74 Å². The molecule has 26 heavy (non-hydrogen) atoms. The summed E-state index contributed by atoms with van der Waals surface area (Å²) in [5.74, 6) is -0.422. The molecule has 1 atom stereocenters. The Hall–Kier alpha value is -3.15. The van der Waals surface area contributed by atoms with E-state index < -0.39 is 11.7 Å². The normalized spacial score (nSPS) is 16.8. The molecule has 0 spiro atoms. The van der Waals surface area contributed by atoms with E-state index >= 15 is 0 Å². The standard InChI is InChI=1S/C20H19N3O3/c1-13-18(15-6-2-3-7-16(15)22-13)19(24)20(25)23-11-9-14(12-23)26-17-8-4-5-10-21-17/h2-8,10,14,22H,9,11-12H2,1H3. The van der Waals surface area contributed by atoms with Gasteiger partial charge in [0.25, 0.3) is 11.7 Å². The van der Waals surface area contributed by atoms with E-state index in [0.29, 0.717) is 36.6 Å². The summed E-state index contributed by atoms with van der Waals surface area (Å²) in [6, 6.07) is 13.0. The summed E-state index contributed by atoms with van der Waals surface area (Å²) < 4.78 is 5.80. The van der Waals surface area contributed by atoms with Crippen LogP contribution in [0.1, 0.15) is 22.5 Å². The van der Waals surface area contributed by atoms with Gasteiger partial charge in [0, 0.05) is 41.8 Å². The lowest BCUT2D eigenvalue weighted by Crippen LogP contribution is -2.36. The van der Waals surface area contributed by atoms with E-state index in [1.165, 1.54) is 0 Å². The van der Waals surface area contributed by atoms with Crippen LogP contribution in [0.2, 0.25) is 0 Å². The van der Waals surface area contributed by atoms with E-state index in [0.717, 1.165) is 10.9 Å². The lowest BCUT2D eigenvalue weighted by molar-refractivity contribution is -0.125. The zero-order chi connectivity index (χ0) is 18.1. The number of hydrogen-bond acceptors (Lipinski definition) is 4. The number of aromatic nitrogens is 2. The average molecular weight is 349 g/mol. The average Bonchev–Trinajstić information content (AvgIpc) is 3.25. The fourth-order valence-corrected chi connectivity index (χ4v) is 3.42. The number of para-hydroxylation sites is 1. The number of ether oxygens (including phenoxy) is 1. The van der Waals surface area contributed by atoms with E-state index in [1.807, 2.05) is 43.3 Å². The van der Waals surface area contributed by atoms with Crippen LogP contribution in [0.3, 0.4) is 0 Å². The molecule has 3 heterocycles. The highest BCUT2D eigenvalue weighted by Crippen LogP contribution is 2.24. The van der Waals surface area contributed by atoms with Gasteiger partial charge in [0.1, 0.15) is 6.10 Å². The van der Waals surface area contributed by atoms with Crippen LogP contribution < -0.4 is 4.74 Å². The Kier molecular flexibility index (Phi) is 4.16. The monoisotopic (exact) mass is 349 g/mol. The molecular formula is C20H19N3O3. The molecule has 3 aromatic rings. The van der Waals surface area contributed by atoms with Crippen molar-refractivity contribution >= 4 is 22.6 Å². The van der Waals surface area contributed by atoms with Crippen LogP contribution in [0.5, 0.6) is 5.88 Å². The fourth-order valence-electron chi connectivity index (χ4n) is 3.42. The predicted molar refractivity (Wildman–Crippen MR) is 97.2 cm³/mol. The molecule has 0 saturated carbocycles. The minimum Gasteiger partial charge on any atom is -0.472 e. The second-order valence-electron chi connectivity index (χ2n) is 6.45. The van der Waals surface area contributed by atoms with Crippen molar-refractivity contribution in [1.82, 2.24) is 14.9 Å². The number of likely N-dealkylation sites (tertiary alicyclic amines) is 1. The number of Topliss-reactive ketones (excluding diaryl/α,β-unsaturated/α-hetero) is 1. The minimum atomic E-state index is -0.482. The Bertz CT molecular complexity index is 965. The SMILES string of the molecule is Cc1[nH]c2ccccc2c1C(=O)C(=O)N1CCC(Oc2ccccn2)C1. The second-order valence-corrected chi connectivity index (χ2v) is 6.45. The van der Waals surface area contributed by atoms with Crippen LogP contribution in [0, 0.1) is 6.92 Å². The van der Waals surface area contributed by atoms with Gasteiger partial charge in [-0.3, -0.25) is 9.59 Å². The zero-order valence-corrected chi connectivity index (χ0v) is 14.4. The van der Waals surface area contributed by atoms with Crippen molar-refractivity contribution in [3.05, 3.63) is 59.9 Å². The number of benzene rings is 1. The smallest absolute Gasteiger partial charge is 0.295 e. The van der Waals surface area contributed by atoms with Crippen molar-refractivity contribution in [2.24, 2.45) is 0 Å². The molecule has 1 saturated heterocycles. The molecule has 0 radical (unpaired) electrons. The summed E-state index contributed by atoms with van der Waals surface area (Å²) in [7, 11) is 0. The number of carbonyl (C=O) groups excluding carboxylic acids is 2. The number of rotatable bonds is 4. The fraction of sp³-hybridized carbons (Fsp3) is 0.250. The van der Waals surface area contributed by atoms with Gasteiger partial charge in [-0.15, -0.1) is 0 Å². The third-order valence-electron chi connectivity index (χ3n) is 4.67. The molecule has 1 aromatic carbocycles. The minimum absolute atomic E-state index is 0.147. The van der Waals surface area contributed by atoms with Gasteiger partial charge in [0.15, 0.2) is 0 Å². The second kappa shape index (κ2) is 6.63. The van der Waals surface area contributed by atoms with Crippen molar-refractivity contribution in [3.63, 3.8) is 0 Å². The predicted octanol–water partition coefficient (Wildman–Crippen LogP) is 2.73. The van der Waals surface area contributed by atoms with Crippen LogP contribution >= 0.6 is 0 Å². The number of nitrogens with zero attached hydrogens (tertiary/aromatic N) is 2. The first-order chi connectivity index (χ1) is 12.6. The van der Waals surface area contributed by atoms with Gasteiger partial charge in [-0.05, 0) is 19.1 Å². The molecule has 1 amide bonds. The number of H-pyrrole nitrogens is 1. The Labute approximate surface area is 150 Å². The Morgan fingerprint density at radius 3 is 2.81 bits per heavy atom. The first-order valence-corrected chi connectivity index (χ1v) is 8.62. The highest BCUT2D eigenvalue weighted by atomic mass is 16.5. The summed E-state index contributed by atoms with van der Waals surface area (Å²) >= 11 is 0. The molecule has 2 aromatic heterocycles. The molecule has 6 heteroatoms. The van der Waals surface area contributed by atoms with Crippen molar-refractivity contribution < 1.29 is 14.3 Å². The molecule has 1 fully saturated rings. The van der Waals surface area contributed by atoms with Crippen LogP contribution in [0.15, 0.2) is 48.7 Å². The van der Waals surface area contributed by atoms with Crippen LogP contribution in [0.4, 0.5) is 0 Å². The summed E-state index contributed by atoms with van der Waals surface area (Å²) in [6.07, 6.45) is 2.20. The van der Waals surface area contributed by atoms with Gasteiger partial charge in [0.05, 0.1) is 12.1 Å². The van der Waals surface area contributed by atoms with Crippen LogP contribution in [0.25, 0.3) is 10.9 Å². The van der Waals surface area contributed by atoms with E-state index in [9.17, 15) is 9.59 Å². The molecule has 132 valence electrons. The largest absolute Gasteiger partial charge is 0.472 e. The third kappa shape index (κ3) is 2.94. The molecule has 1 aliphatic rings. The van der Waals surface area contributed by atoms with Crippen molar-refractivity contribution in [2.45, 2.75) is 19.4 Å². The summed E-state index contributed by atoms with van der Waals surface area (Å²) in [5, 5.41) is 0.781. The Morgan fingerprint density at radius 1 is 1.19 bits per heavy atom. The number of ketones is 1. The maximum absolute atomic E-state index is 12.8. The number of aryl methyl sites for hydroxylation is 1. The van der Waals surface area contributed by atoms with Crippen LogP contribution in [-0.2, 0) is 4.79 Å². The number of nitrogens with one attached hydrogen (secondary N) is 1. The maximum atomic E-state index is 12.8. The molecule has 6 nitrogen and oxygen atoms in total. The van der Waals surface area contributed by atoms with E-state index in [1.54, 1.807) is 17.2 Å². The topological polar surface area (TPSA) is 75.3 Å². The zero-order valence-electron chi connectivity index (χ0n) is 14.4. The Morgan fingerprint density at radius 2 is 2.00 bits per heavy atom. The lowest BCUT2D eigenvalue weighted by atomic mass is 10.1. The van der Waals surface area contributed by atoms with Gasteiger partial charge in [-0.25, -0.2) is 4.98 Å². The number of aromatic amines is 1. The first-order valence-electron chi connectivity index (χ1n) is 8.62. The Balaban J connectivity index is 1.49. The van der Waals surface area contributed by atoms with Crippen molar-refractivity contribution in [3.8, 4) is 5.88 Å². The van der Waals surface area contributed by atoms with Crippen LogP contribution in [-0.4, -0.2) is 45.8 Å². The third-order valence-corrected chi connectivity index (χ3v) is 4.67. The number of amides is 1. The van der Waals surface area contributed by atoms with Gasteiger partial charge in [-0.1, -0.05) is 24.3 Å². The number of pyridine rings is 1. The van der Waals surface area contributed by atoms with Crippen molar-refractivity contribution in [1.29, 1.82) is 0 Å². The van der Waals surface area contributed by atoms with E-state index in [-0.39, 0.29) is 6.10 Å². The summed E-state index contributed by atoms with van der Waals surface area (Å²) in [6.45, 7) is 2.71. The molecule has 1 unspecified atom stereocenters. The van der Waals surface area contributed by atoms with Gasteiger partial charge >= 0.3 is 0 Å². The number of fused-ring (bicyclic) bond motifs is 1. The quantitative estimate of drug-likeness (QED) is 0.580. The summed E-state index contributed by atoms with van der Waals surface area (Å²) in [5.41, 5.74) is 2.03. The van der Waals surface area contributed by atoms with Gasteiger partial charge in [-0.2, -0.15) is 0 Å².